The van der Waals surface area contributed by atoms with Gasteiger partial charge in [-0.1, -0.05) is 94.0 Å². The van der Waals surface area contributed by atoms with Crippen LogP contribution in [-0.2, 0) is 38.4 Å². The van der Waals surface area contributed by atoms with Gasteiger partial charge in [0, 0.05) is 43.7 Å². The van der Waals surface area contributed by atoms with Crippen LogP contribution in [0.4, 0.5) is 0 Å². The molecule has 310 valence electrons. The van der Waals surface area contributed by atoms with Crippen molar-refractivity contribution in [2.75, 3.05) is 6.54 Å². The molecule has 5 atom stereocenters. The summed E-state index contributed by atoms with van der Waals surface area (Å²) in [4.78, 5) is 61.9. The fourth-order valence-electron chi connectivity index (χ4n) is 7.12. The van der Waals surface area contributed by atoms with Crippen molar-refractivity contribution in [3.05, 3.63) is 93.6 Å². The fourth-order valence-corrected chi connectivity index (χ4v) is 7.46. The molecule has 1 fully saturated rings. The minimum Gasteiger partial charge on any atom is -0.507 e. The van der Waals surface area contributed by atoms with E-state index in [1.807, 2.05) is 78.1 Å². The van der Waals surface area contributed by atoms with E-state index in [1.165, 1.54) is 6.33 Å². The van der Waals surface area contributed by atoms with Crippen molar-refractivity contribution >= 4 is 46.2 Å². The molecule has 4 amide bonds. The minimum atomic E-state index is -1.20. The van der Waals surface area contributed by atoms with Gasteiger partial charge in [0.25, 0.3) is 0 Å². The number of unbranched alkanes of at least 4 members (excludes halogenated alkanes) is 1. The second kappa shape index (κ2) is 24.6. The van der Waals surface area contributed by atoms with Crippen molar-refractivity contribution in [2.45, 2.75) is 128 Å². The number of amides is 4. The molecule has 0 spiro atoms. The molecular weight excluding hydrogens is 837 g/mol. The lowest BCUT2D eigenvalue weighted by molar-refractivity contribution is -0.135. The number of nitrogens with one attached hydrogen (secondary N) is 6. The molecule has 8 N–H and O–H groups in total. The van der Waals surface area contributed by atoms with Crippen LogP contribution < -0.4 is 26.6 Å². The number of aromatic amines is 1. The normalized spacial score (nSPS) is 16.0. The predicted octanol–water partition coefficient (Wildman–Crippen LogP) is 4.72. The Labute approximate surface area is 350 Å². The molecular formula is C43H60IN7O6. The average Bonchev–Trinajstić information content (AvgIpc) is 3.73. The van der Waals surface area contributed by atoms with E-state index in [1.54, 1.807) is 18.3 Å². The van der Waals surface area contributed by atoms with Gasteiger partial charge in [-0.05, 0) is 84.4 Å². The number of phenols is 1. The summed E-state index contributed by atoms with van der Waals surface area (Å²) in [6.45, 7) is 4.47. The number of aromatic nitrogens is 2. The van der Waals surface area contributed by atoms with Crippen LogP contribution in [0.25, 0.3) is 0 Å². The molecule has 13 nitrogen and oxygen atoms in total. The van der Waals surface area contributed by atoms with Gasteiger partial charge in [0.05, 0.1) is 22.0 Å². The van der Waals surface area contributed by atoms with Gasteiger partial charge in [0.2, 0.25) is 23.6 Å². The number of imide groups is 1. The summed E-state index contributed by atoms with van der Waals surface area (Å²) in [7, 11) is 0. The molecule has 1 aliphatic rings. The number of H-pyrrole nitrogens is 1. The molecule has 0 bridgehead atoms. The topological polar surface area (TPSA) is 198 Å². The standard InChI is InChI=1S/C43H60IN7O6/c1-3-5-17-34(40(54)46-22-6-4-2)50-41(55)35(23-29-13-9-7-10-14-29)48-37(26-32-27-45-28-47-32)43(57)51-42(56)36(24-30-15-11-8-12-16-30)49-39(53)21-19-31-18-20-33(44)38(52)25-31/h3,5,8,11-12,15-16,18,20,25,27-29,34-37,41,48,50,52,55H,4,6-7,9-10,13-14,17,19,21-24,26H2,1-2H3,(H,45,47)(H,46,54)(H,49,53)(H,51,56,57)/b5-3+/t34?,35-,36-,37-,41+/m0/s1. The molecule has 2 aromatic carbocycles. The maximum atomic E-state index is 14.2. The first-order chi connectivity index (χ1) is 27.6. The molecule has 57 heavy (non-hydrogen) atoms. The number of imidazole rings is 1. The number of carbonyl (C=O) groups excluding carboxylic acids is 4. The maximum absolute atomic E-state index is 14.2. The third-order valence-electron chi connectivity index (χ3n) is 10.4. The number of phenolic OH excluding ortho intramolecular Hbond substituents is 1. The smallest absolute Gasteiger partial charge is 0.249 e. The fraction of sp³-hybridized carbons (Fsp3) is 0.512. The summed E-state index contributed by atoms with van der Waals surface area (Å²) in [5.41, 5.74) is 2.22. The lowest BCUT2D eigenvalue weighted by Gasteiger charge is -2.34. The first-order valence-corrected chi connectivity index (χ1v) is 21.4. The van der Waals surface area contributed by atoms with Crippen LogP contribution in [0, 0.1) is 9.49 Å². The van der Waals surface area contributed by atoms with Gasteiger partial charge in [0.1, 0.15) is 18.0 Å². The third-order valence-corrected chi connectivity index (χ3v) is 11.3. The summed E-state index contributed by atoms with van der Waals surface area (Å²) < 4.78 is 0.704. The highest BCUT2D eigenvalue weighted by Crippen LogP contribution is 2.28. The van der Waals surface area contributed by atoms with Crippen LogP contribution in [-0.4, -0.2) is 80.7 Å². The number of benzene rings is 2. The lowest BCUT2D eigenvalue weighted by Crippen LogP contribution is -2.61. The second-order valence-electron chi connectivity index (χ2n) is 14.9. The van der Waals surface area contributed by atoms with E-state index in [2.05, 4.69) is 43.5 Å². The summed E-state index contributed by atoms with van der Waals surface area (Å²) >= 11 is 2.03. The summed E-state index contributed by atoms with van der Waals surface area (Å²) in [5.74, 6) is -1.45. The Morgan fingerprint density at radius 2 is 1.70 bits per heavy atom. The van der Waals surface area contributed by atoms with E-state index in [9.17, 15) is 29.4 Å². The van der Waals surface area contributed by atoms with Crippen molar-refractivity contribution in [3.63, 3.8) is 0 Å². The Morgan fingerprint density at radius 3 is 2.39 bits per heavy atom. The highest BCUT2D eigenvalue weighted by atomic mass is 127. The van der Waals surface area contributed by atoms with Crippen LogP contribution in [0.2, 0.25) is 0 Å². The Balaban J connectivity index is 1.54. The van der Waals surface area contributed by atoms with Crippen LogP contribution in [0.5, 0.6) is 5.75 Å². The zero-order chi connectivity index (χ0) is 41.0. The van der Waals surface area contributed by atoms with Crippen molar-refractivity contribution in [2.24, 2.45) is 5.92 Å². The maximum Gasteiger partial charge on any atom is 0.249 e. The molecule has 1 aromatic heterocycles. The number of aliphatic hydroxyl groups is 1. The molecule has 3 aromatic rings. The predicted molar refractivity (Wildman–Crippen MR) is 229 cm³/mol. The van der Waals surface area contributed by atoms with Crippen molar-refractivity contribution in [3.8, 4) is 5.75 Å². The van der Waals surface area contributed by atoms with Gasteiger partial charge in [-0.15, -0.1) is 0 Å². The number of aryl methyl sites for hydroxylation is 1. The second-order valence-corrected chi connectivity index (χ2v) is 16.1. The average molecular weight is 898 g/mol. The Hall–Kier alpha value is -4.12. The Morgan fingerprint density at radius 1 is 0.947 bits per heavy atom. The third kappa shape index (κ3) is 16.0. The summed E-state index contributed by atoms with van der Waals surface area (Å²) in [6.07, 6.45) is 14.3. The largest absolute Gasteiger partial charge is 0.507 e. The number of hydrogen-bond acceptors (Lipinski definition) is 9. The van der Waals surface area contributed by atoms with E-state index in [0.29, 0.717) is 41.0 Å². The van der Waals surface area contributed by atoms with Gasteiger partial charge in [-0.3, -0.25) is 35.1 Å². The van der Waals surface area contributed by atoms with E-state index in [0.717, 1.165) is 56.1 Å². The number of rotatable bonds is 23. The number of carbonyl (C=O) groups is 4. The Bertz CT molecular complexity index is 1720. The van der Waals surface area contributed by atoms with Gasteiger partial charge in [0.15, 0.2) is 0 Å². The molecule has 1 heterocycles. The van der Waals surface area contributed by atoms with E-state index in [-0.39, 0.29) is 36.8 Å². The molecule has 1 aliphatic carbocycles. The number of aromatic hydroxyl groups is 1. The Kier molecular flexibility index (Phi) is 19.7. The van der Waals surface area contributed by atoms with Crippen LogP contribution in [0.1, 0.15) is 94.9 Å². The van der Waals surface area contributed by atoms with Gasteiger partial charge >= 0.3 is 0 Å². The van der Waals surface area contributed by atoms with Gasteiger partial charge < -0.3 is 25.8 Å². The van der Waals surface area contributed by atoms with Crippen LogP contribution in [0.15, 0.2) is 73.2 Å². The number of halogens is 1. The summed E-state index contributed by atoms with van der Waals surface area (Å²) in [6, 6.07) is 11.1. The number of nitrogens with zero attached hydrogens (tertiary/aromatic N) is 1. The lowest BCUT2D eigenvalue weighted by atomic mass is 9.84. The zero-order valence-electron chi connectivity index (χ0n) is 33.1. The molecule has 14 heteroatoms. The molecule has 0 saturated heterocycles. The molecule has 1 saturated carbocycles. The first kappa shape index (κ1) is 45.6. The monoisotopic (exact) mass is 897 g/mol. The number of hydrogen-bond donors (Lipinski definition) is 8. The van der Waals surface area contributed by atoms with E-state index in [4.69, 9.17) is 0 Å². The SMILES string of the molecule is C/C=C/CC(N[C@H](O)[C@H](CC1CCCCC1)N[C@@H](Cc1cnc[nH]1)C(=O)NC(=O)[C@H](Cc1ccccc1)NC(=O)CCc1ccc(I)c(O)c1)C(=O)NCCCC. The van der Waals surface area contributed by atoms with Gasteiger partial charge in [-0.25, -0.2) is 4.98 Å². The number of allylic oxidation sites excluding steroid dienone is 1. The zero-order valence-corrected chi connectivity index (χ0v) is 35.3. The minimum absolute atomic E-state index is 0.0654. The number of aliphatic hydroxyl groups excluding tert-OH is 1. The van der Waals surface area contributed by atoms with Crippen LogP contribution >= 0.6 is 22.6 Å². The van der Waals surface area contributed by atoms with E-state index >= 15 is 0 Å². The molecule has 1 unspecified atom stereocenters. The highest BCUT2D eigenvalue weighted by Gasteiger charge is 2.34. The van der Waals surface area contributed by atoms with Crippen molar-refractivity contribution in [1.29, 1.82) is 0 Å². The molecule has 0 aliphatic heterocycles. The first-order valence-electron chi connectivity index (χ1n) is 20.3. The quantitative estimate of drug-likeness (QED) is 0.0288. The van der Waals surface area contributed by atoms with Crippen LogP contribution in [0.3, 0.4) is 0 Å². The van der Waals surface area contributed by atoms with Gasteiger partial charge in [-0.2, -0.15) is 0 Å². The van der Waals surface area contributed by atoms with E-state index < -0.39 is 42.2 Å². The van der Waals surface area contributed by atoms with Crippen molar-refractivity contribution in [1.82, 2.24) is 36.6 Å². The van der Waals surface area contributed by atoms with Crippen molar-refractivity contribution < 1.29 is 29.4 Å². The summed E-state index contributed by atoms with van der Waals surface area (Å²) in [5, 5.41) is 36.9. The molecule has 0 radical (unpaired) electrons. The highest BCUT2D eigenvalue weighted by molar-refractivity contribution is 14.1. The molecule has 4 rings (SSSR count).